The SMILES string of the molecule is CCCCCCCCCCCCCCCC[N+](C)(C)[C@H](CO)Cc1ccccc1. The van der Waals surface area contributed by atoms with Crippen LogP contribution in [0.15, 0.2) is 30.3 Å². The summed E-state index contributed by atoms with van der Waals surface area (Å²) >= 11 is 0. The summed E-state index contributed by atoms with van der Waals surface area (Å²) in [5, 5.41) is 9.92. The van der Waals surface area contributed by atoms with Crippen LogP contribution in [0.3, 0.4) is 0 Å². The van der Waals surface area contributed by atoms with E-state index >= 15 is 0 Å². The molecule has 0 amide bonds. The fourth-order valence-corrected chi connectivity index (χ4v) is 4.32. The Morgan fingerprint density at radius 1 is 0.690 bits per heavy atom. The van der Waals surface area contributed by atoms with Gasteiger partial charge in [0.25, 0.3) is 0 Å². The van der Waals surface area contributed by atoms with Gasteiger partial charge in [-0.25, -0.2) is 0 Å². The van der Waals surface area contributed by atoms with Crippen molar-refractivity contribution in [1.82, 2.24) is 0 Å². The summed E-state index contributed by atoms with van der Waals surface area (Å²) < 4.78 is 0.920. The molecular formula is C27H50NO+. The molecule has 0 fully saturated rings. The fourth-order valence-electron chi connectivity index (χ4n) is 4.32. The molecule has 0 spiro atoms. The Labute approximate surface area is 182 Å². The summed E-state index contributed by atoms with van der Waals surface area (Å²) in [5.41, 5.74) is 1.33. The number of quaternary nitrogens is 1. The Hall–Kier alpha value is -0.860. The second-order valence-corrected chi connectivity index (χ2v) is 9.62. The van der Waals surface area contributed by atoms with Gasteiger partial charge in [-0.05, 0) is 18.4 Å². The maximum atomic E-state index is 9.92. The van der Waals surface area contributed by atoms with E-state index in [1.807, 2.05) is 0 Å². The Kier molecular flexibility index (Phi) is 15.2. The number of rotatable bonds is 19. The first kappa shape index (κ1) is 26.2. The molecule has 1 rings (SSSR count). The lowest BCUT2D eigenvalue weighted by Crippen LogP contribution is -2.52. The van der Waals surface area contributed by atoms with Crippen molar-refractivity contribution in [2.24, 2.45) is 0 Å². The van der Waals surface area contributed by atoms with Crippen LogP contribution >= 0.6 is 0 Å². The van der Waals surface area contributed by atoms with Crippen LogP contribution in [-0.2, 0) is 6.42 Å². The summed E-state index contributed by atoms with van der Waals surface area (Å²) in [5.74, 6) is 0. The van der Waals surface area contributed by atoms with E-state index in [9.17, 15) is 5.11 Å². The van der Waals surface area contributed by atoms with E-state index in [1.54, 1.807) is 0 Å². The predicted octanol–water partition coefficient (Wildman–Crippen LogP) is 7.15. The van der Waals surface area contributed by atoms with Crippen molar-refractivity contribution in [2.75, 3.05) is 27.2 Å². The third-order valence-corrected chi connectivity index (χ3v) is 6.60. The molecule has 0 saturated carbocycles. The van der Waals surface area contributed by atoms with E-state index in [4.69, 9.17) is 0 Å². The maximum Gasteiger partial charge on any atom is 0.116 e. The molecule has 168 valence electrons. The standard InChI is InChI=1S/C27H50NO/c1-4-5-6-7-8-9-10-11-12-13-14-15-16-20-23-28(2,3)27(25-29)24-26-21-18-17-19-22-26/h17-19,21-22,27,29H,4-16,20,23-25H2,1-3H3/q+1/t27-/m0/s1. The molecule has 1 aromatic rings. The average Bonchev–Trinajstić information content (AvgIpc) is 2.72. The van der Waals surface area contributed by atoms with Crippen LogP contribution in [0.4, 0.5) is 0 Å². The highest BCUT2D eigenvalue weighted by Crippen LogP contribution is 2.17. The highest BCUT2D eigenvalue weighted by atomic mass is 16.3. The van der Waals surface area contributed by atoms with E-state index in [0.29, 0.717) is 6.04 Å². The van der Waals surface area contributed by atoms with E-state index in [1.165, 1.54) is 95.5 Å². The van der Waals surface area contributed by atoms with Crippen molar-refractivity contribution in [1.29, 1.82) is 0 Å². The first-order valence-electron chi connectivity index (χ1n) is 12.6. The number of aliphatic hydroxyl groups is 1. The number of hydrogen-bond acceptors (Lipinski definition) is 1. The lowest BCUT2D eigenvalue weighted by atomic mass is 10.0. The normalized spacial score (nSPS) is 13.0. The molecule has 0 bridgehead atoms. The number of unbranched alkanes of at least 4 members (excludes halogenated alkanes) is 13. The first-order chi connectivity index (χ1) is 14.1. The van der Waals surface area contributed by atoms with Crippen molar-refractivity contribution in [2.45, 2.75) is 109 Å². The molecule has 0 aliphatic rings. The van der Waals surface area contributed by atoms with E-state index in [0.717, 1.165) is 17.4 Å². The van der Waals surface area contributed by atoms with E-state index in [-0.39, 0.29) is 6.61 Å². The van der Waals surface area contributed by atoms with Gasteiger partial charge in [-0.1, -0.05) is 114 Å². The second kappa shape index (κ2) is 16.9. The molecule has 29 heavy (non-hydrogen) atoms. The largest absolute Gasteiger partial charge is 0.390 e. The zero-order valence-electron chi connectivity index (χ0n) is 19.9. The second-order valence-electron chi connectivity index (χ2n) is 9.62. The minimum absolute atomic E-state index is 0.264. The molecule has 1 atom stereocenters. The van der Waals surface area contributed by atoms with Gasteiger partial charge in [-0.15, -0.1) is 0 Å². The molecule has 0 heterocycles. The smallest absolute Gasteiger partial charge is 0.116 e. The Morgan fingerprint density at radius 2 is 1.14 bits per heavy atom. The molecule has 0 unspecified atom stereocenters. The Bertz CT molecular complexity index is 471. The van der Waals surface area contributed by atoms with Gasteiger partial charge >= 0.3 is 0 Å². The van der Waals surface area contributed by atoms with Crippen molar-refractivity contribution >= 4 is 0 Å². The van der Waals surface area contributed by atoms with Crippen molar-refractivity contribution in [3.63, 3.8) is 0 Å². The van der Waals surface area contributed by atoms with E-state index in [2.05, 4.69) is 51.4 Å². The molecule has 2 nitrogen and oxygen atoms in total. The summed E-state index contributed by atoms with van der Waals surface area (Å²) in [7, 11) is 4.57. The van der Waals surface area contributed by atoms with Gasteiger partial charge in [-0.3, -0.25) is 0 Å². The van der Waals surface area contributed by atoms with Crippen molar-refractivity contribution < 1.29 is 9.59 Å². The summed E-state index contributed by atoms with van der Waals surface area (Å²) in [6.45, 7) is 3.72. The van der Waals surface area contributed by atoms with Crippen molar-refractivity contribution in [3.05, 3.63) is 35.9 Å². The molecule has 0 aliphatic carbocycles. The van der Waals surface area contributed by atoms with Crippen LogP contribution in [0.25, 0.3) is 0 Å². The quantitative estimate of drug-likeness (QED) is 0.192. The minimum Gasteiger partial charge on any atom is -0.390 e. The van der Waals surface area contributed by atoms with Crippen molar-refractivity contribution in [3.8, 4) is 0 Å². The van der Waals surface area contributed by atoms with Gasteiger partial charge in [0.15, 0.2) is 0 Å². The highest BCUT2D eigenvalue weighted by molar-refractivity contribution is 5.15. The maximum absolute atomic E-state index is 9.92. The number of likely N-dealkylation sites (N-methyl/N-ethyl adjacent to an activating group) is 1. The summed E-state index contributed by atoms with van der Waals surface area (Å²) in [4.78, 5) is 0. The van der Waals surface area contributed by atoms with Gasteiger partial charge in [0.05, 0.1) is 27.2 Å². The number of hydrogen-bond donors (Lipinski definition) is 1. The molecule has 1 aromatic carbocycles. The van der Waals surface area contributed by atoms with Crippen LogP contribution in [0, 0.1) is 0 Å². The molecule has 2 heteroatoms. The van der Waals surface area contributed by atoms with Crippen LogP contribution in [0.5, 0.6) is 0 Å². The zero-order chi connectivity index (χ0) is 21.2. The monoisotopic (exact) mass is 404 g/mol. The topological polar surface area (TPSA) is 20.2 Å². The van der Waals surface area contributed by atoms with Gasteiger partial charge in [0, 0.05) is 6.42 Å². The summed E-state index contributed by atoms with van der Waals surface area (Å²) in [6, 6.07) is 10.9. The Morgan fingerprint density at radius 3 is 1.59 bits per heavy atom. The molecule has 0 aromatic heterocycles. The number of aliphatic hydroxyl groups excluding tert-OH is 1. The summed E-state index contributed by atoms with van der Waals surface area (Å²) in [6.07, 6.45) is 20.6. The first-order valence-corrected chi connectivity index (χ1v) is 12.6. The molecular weight excluding hydrogens is 354 g/mol. The average molecular weight is 405 g/mol. The van der Waals surface area contributed by atoms with Gasteiger partial charge in [0.1, 0.15) is 6.04 Å². The molecule has 0 radical (unpaired) electrons. The fraction of sp³-hybridized carbons (Fsp3) is 0.778. The van der Waals surface area contributed by atoms with Crippen LogP contribution in [0.1, 0.15) is 102 Å². The zero-order valence-corrected chi connectivity index (χ0v) is 19.9. The molecule has 1 N–H and O–H groups in total. The van der Waals surface area contributed by atoms with Crippen LogP contribution in [-0.4, -0.2) is 42.9 Å². The third kappa shape index (κ3) is 13.1. The number of nitrogens with zero attached hydrogens (tertiary/aromatic N) is 1. The predicted molar refractivity (Wildman–Crippen MR) is 128 cm³/mol. The minimum atomic E-state index is 0.264. The molecule has 0 aliphatic heterocycles. The van der Waals surface area contributed by atoms with Gasteiger partial charge in [-0.2, -0.15) is 0 Å². The van der Waals surface area contributed by atoms with Crippen LogP contribution in [0.2, 0.25) is 0 Å². The van der Waals surface area contributed by atoms with E-state index < -0.39 is 0 Å². The lowest BCUT2D eigenvalue weighted by Gasteiger charge is -2.37. The van der Waals surface area contributed by atoms with Gasteiger partial charge in [0.2, 0.25) is 0 Å². The molecule has 0 saturated heterocycles. The highest BCUT2D eigenvalue weighted by Gasteiger charge is 2.27. The lowest BCUT2D eigenvalue weighted by molar-refractivity contribution is -0.915. The van der Waals surface area contributed by atoms with Crippen LogP contribution < -0.4 is 0 Å². The van der Waals surface area contributed by atoms with Gasteiger partial charge < -0.3 is 9.59 Å². The number of benzene rings is 1. The Balaban J connectivity index is 2.01. The third-order valence-electron chi connectivity index (χ3n) is 6.60.